The number of aryl methyl sites for hydroxylation is 1. The molecule has 0 spiro atoms. The minimum atomic E-state index is -0.356. The molecule has 0 saturated carbocycles. The zero-order valence-corrected chi connectivity index (χ0v) is 28.3. The molecule has 1 aromatic heterocycles. The molecule has 8 heteroatoms. The first-order valence-corrected chi connectivity index (χ1v) is 17.3. The van der Waals surface area contributed by atoms with Crippen LogP contribution in [0.4, 0.5) is 4.39 Å². The zero-order chi connectivity index (χ0) is 31.4. The molecule has 1 unspecified atom stereocenters. The maximum absolute atomic E-state index is 14.1. The van der Waals surface area contributed by atoms with E-state index < -0.39 is 0 Å². The highest BCUT2D eigenvalue weighted by Crippen LogP contribution is 2.41. The number of thiazole rings is 1. The second kappa shape index (κ2) is 11.9. The minimum Gasteiger partial charge on any atom is -0.487 e. The summed E-state index contributed by atoms with van der Waals surface area (Å²) in [5.74, 6) is 0.384. The molecule has 0 fully saturated rings. The summed E-state index contributed by atoms with van der Waals surface area (Å²) in [6, 6.07) is 32.8. The van der Waals surface area contributed by atoms with Crippen LogP contribution in [0.15, 0.2) is 127 Å². The first-order chi connectivity index (χ1) is 22.4. The van der Waals surface area contributed by atoms with Crippen LogP contribution in [-0.4, -0.2) is 4.57 Å². The van der Waals surface area contributed by atoms with E-state index in [-0.39, 0.29) is 17.4 Å². The molecule has 0 amide bonds. The van der Waals surface area contributed by atoms with Crippen molar-refractivity contribution in [3.05, 3.63) is 171 Å². The van der Waals surface area contributed by atoms with Crippen LogP contribution in [0.1, 0.15) is 40.3 Å². The number of hydrogen-bond donors (Lipinski definition) is 0. The number of aromatic nitrogens is 1. The summed E-state index contributed by atoms with van der Waals surface area (Å²) in [4.78, 5) is 19.8. The van der Waals surface area contributed by atoms with Crippen molar-refractivity contribution >= 4 is 65.7 Å². The Morgan fingerprint density at radius 1 is 0.913 bits per heavy atom. The van der Waals surface area contributed by atoms with Crippen molar-refractivity contribution < 1.29 is 9.13 Å². The van der Waals surface area contributed by atoms with E-state index in [2.05, 4.69) is 74.3 Å². The van der Waals surface area contributed by atoms with E-state index in [0.717, 1.165) is 60.7 Å². The quantitative estimate of drug-likeness (QED) is 0.177. The Labute approximate surface area is 285 Å². The van der Waals surface area contributed by atoms with Crippen LogP contribution >= 0.6 is 43.2 Å². The number of ether oxygens (including phenoxy) is 1. The van der Waals surface area contributed by atoms with Crippen LogP contribution in [0, 0.1) is 5.82 Å². The molecule has 2 heterocycles. The molecule has 0 bridgehead atoms. The predicted molar refractivity (Wildman–Crippen MR) is 189 cm³/mol. The molecule has 2 aliphatic rings. The van der Waals surface area contributed by atoms with Crippen molar-refractivity contribution in [3.8, 4) is 5.75 Å². The van der Waals surface area contributed by atoms with Gasteiger partial charge in [0.05, 0.1) is 25.2 Å². The number of nitrogens with zero attached hydrogens (tertiary/aromatic N) is 2. The smallest absolute Gasteiger partial charge is 0.271 e. The fraction of sp³-hybridized carbons (Fsp3) is 0.105. The first kappa shape index (κ1) is 29.3. The van der Waals surface area contributed by atoms with E-state index in [1.165, 1.54) is 34.4 Å². The van der Waals surface area contributed by atoms with Crippen LogP contribution in [0.5, 0.6) is 5.75 Å². The van der Waals surface area contributed by atoms with E-state index in [9.17, 15) is 9.18 Å². The van der Waals surface area contributed by atoms with Gasteiger partial charge < -0.3 is 4.74 Å². The van der Waals surface area contributed by atoms with E-state index in [1.54, 1.807) is 16.7 Å². The second-order valence-electron chi connectivity index (χ2n) is 11.4. The molecule has 8 rings (SSSR count). The number of fused-ring (bicyclic) bond motifs is 4. The van der Waals surface area contributed by atoms with Gasteiger partial charge in [0.1, 0.15) is 18.2 Å². The Balaban J connectivity index is 1.19. The zero-order valence-electron chi connectivity index (χ0n) is 24.3. The van der Waals surface area contributed by atoms with Gasteiger partial charge in [-0.05, 0) is 114 Å². The van der Waals surface area contributed by atoms with Crippen molar-refractivity contribution in [2.75, 3.05) is 0 Å². The third kappa shape index (κ3) is 5.18. The molecule has 4 nitrogen and oxygen atoms in total. The molecule has 0 radical (unpaired) electrons. The molecular weight excluding hydrogens is 727 g/mol. The summed E-state index contributed by atoms with van der Waals surface area (Å²) in [5.41, 5.74) is 7.04. The largest absolute Gasteiger partial charge is 0.487 e. The molecule has 5 aromatic carbocycles. The molecule has 0 N–H and O–H groups in total. The highest BCUT2D eigenvalue weighted by atomic mass is 79.9. The van der Waals surface area contributed by atoms with E-state index in [1.807, 2.05) is 42.5 Å². The molecule has 46 heavy (non-hydrogen) atoms. The standard InChI is InChI=1S/C38H25Br2FN2O2S/c39-31-18-22(19-32(40)36(31)45-21-26-9-5-8-23-6-1-3-10-28(23)26)20-33-37(44)43-35(25-12-15-27(41)16-13-25)30-17-14-24-7-2-4-11-29(24)34(30)42-38(43)46-33/h1-13,15-16,18-20,35H,14,17,21H2/b33-20-. The van der Waals surface area contributed by atoms with Gasteiger partial charge in [-0.1, -0.05) is 90.2 Å². The fourth-order valence-electron chi connectivity index (χ4n) is 6.49. The number of hydrogen-bond acceptors (Lipinski definition) is 4. The van der Waals surface area contributed by atoms with Crippen molar-refractivity contribution in [2.45, 2.75) is 25.5 Å². The molecule has 1 aliphatic carbocycles. The van der Waals surface area contributed by atoms with Crippen molar-refractivity contribution in [3.63, 3.8) is 0 Å². The monoisotopic (exact) mass is 750 g/mol. The Bertz CT molecular complexity index is 2370. The normalized spacial score (nSPS) is 15.7. The minimum absolute atomic E-state index is 0.119. The lowest BCUT2D eigenvalue weighted by molar-refractivity contribution is 0.303. The van der Waals surface area contributed by atoms with E-state index in [0.29, 0.717) is 21.7 Å². The highest BCUT2D eigenvalue weighted by Gasteiger charge is 2.32. The molecular formula is C38H25Br2FN2O2S. The lowest BCUT2D eigenvalue weighted by atomic mass is 9.83. The second-order valence-corrected chi connectivity index (χ2v) is 14.1. The Hall–Kier alpha value is -4.11. The predicted octanol–water partition coefficient (Wildman–Crippen LogP) is 8.72. The van der Waals surface area contributed by atoms with Crippen LogP contribution in [0.25, 0.3) is 22.5 Å². The molecule has 6 aromatic rings. The lowest BCUT2D eigenvalue weighted by Gasteiger charge is -2.30. The van der Waals surface area contributed by atoms with Gasteiger partial charge in [0.25, 0.3) is 5.56 Å². The number of benzene rings is 5. The average Bonchev–Trinajstić information content (AvgIpc) is 3.37. The summed E-state index contributed by atoms with van der Waals surface area (Å²) < 4.78 is 24.2. The van der Waals surface area contributed by atoms with Crippen LogP contribution < -0.4 is 19.6 Å². The summed E-state index contributed by atoms with van der Waals surface area (Å²) in [6.07, 6.45) is 3.54. The topological polar surface area (TPSA) is 43.6 Å². The summed E-state index contributed by atoms with van der Waals surface area (Å²) >= 11 is 8.78. The number of allylic oxidation sites excluding steroid dienone is 1. The maximum Gasteiger partial charge on any atom is 0.271 e. The van der Waals surface area contributed by atoms with Crippen LogP contribution in [0.3, 0.4) is 0 Å². The van der Waals surface area contributed by atoms with Gasteiger partial charge in [0.15, 0.2) is 4.80 Å². The van der Waals surface area contributed by atoms with Gasteiger partial charge in [-0.3, -0.25) is 9.36 Å². The van der Waals surface area contributed by atoms with Crippen molar-refractivity contribution in [2.24, 2.45) is 4.99 Å². The summed E-state index contributed by atoms with van der Waals surface area (Å²) in [5, 5.41) is 2.33. The third-order valence-corrected chi connectivity index (χ3v) is 10.8. The fourth-order valence-corrected chi connectivity index (χ4v) is 8.94. The van der Waals surface area contributed by atoms with Crippen molar-refractivity contribution in [1.82, 2.24) is 4.57 Å². The van der Waals surface area contributed by atoms with Crippen LogP contribution in [0.2, 0.25) is 0 Å². The maximum atomic E-state index is 14.1. The van der Waals surface area contributed by atoms with Crippen LogP contribution in [-0.2, 0) is 13.0 Å². The lowest BCUT2D eigenvalue weighted by Crippen LogP contribution is -2.38. The van der Waals surface area contributed by atoms with Gasteiger partial charge in [-0.15, -0.1) is 0 Å². The van der Waals surface area contributed by atoms with Crippen molar-refractivity contribution in [1.29, 1.82) is 0 Å². The Morgan fingerprint density at radius 2 is 1.65 bits per heavy atom. The average molecular weight is 753 g/mol. The highest BCUT2D eigenvalue weighted by molar-refractivity contribution is 9.11. The third-order valence-electron chi connectivity index (χ3n) is 8.63. The molecule has 0 saturated heterocycles. The molecule has 1 aliphatic heterocycles. The van der Waals surface area contributed by atoms with Gasteiger partial charge in [-0.2, -0.15) is 0 Å². The summed E-state index contributed by atoms with van der Waals surface area (Å²) in [7, 11) is 0. The number of rotatable bonds is 5. The SMILES string of the molecule is O=c1/c(=C/c2cc(Br)c(OCc3cccc4ccccc34)c(Br)c2)sc2n1C(c1ccc(F)cc1)C1=C(N=2)c2ccccc2CC1. The first-order valence-electron chi connectivity index (χ1n) is 14.9. The Morgan fingerprint density at radius 3 is 2.48 bits per heavy atom. The molecule has 226 valence electrons. The van der Waals surface area contributed by atoms with Gasteiger partial charge in [-0.25, -0.2) is 9.38 Å². The molecule has 1 atom stereocenters. The van der Waals surface area contributed by atoms with E-state index >= 15 is 0 Å². The Kier molecular flexibility index (Phi) is 7.59. The van der Waals surface area contributed by atoms with Gasteiger partial charge in [0.2, 0.25) is 0 Å². The number of halogens is 3. The summed E-state index contributed by atoms with van der Waals surface area (Å²) in [6.45, 7) is 0.410. The van der Waals surface area contributed by atoms with Gasteiger partial charge >= 0.3 is 0 Å². The van der Waals surface area contributed by atoms with Gasteiger partial charge in [0, 0.05) is 5.56 Å². The van der Waals surface area contributed by atoms with E-state index in [4.69, 9.17) is 9.73 Å².